The molecule has 2 aromatic heterocycles. The largest absolute Gasteiger partial charge is 0.376 e. The van der Waals surface area contributed by atoms with Crippen molar-refractivity contribution in [2.45, 2.75) is 54.1 Å². The lowest BCUT2D eigenvalue weighted by Gasteiger charge is -2.22. The van der Waals surface area contributed by atoms with Gasteiger partial charge in [0.1, 0.15) is 0 Å². The summed E-state index contributed by atoms with van der Waals surface area (Å²) in [5, 5.41) is 12.2. The molecule has 2 aliphatic rings. The summed E-state index contributed by atoms with van der Waals surface area (Å²) in [6, 6.07) is 12.3. The molecule has 168 valence electrons. The van der Waals surface area contributed by atoms with Crippen molar-refractivity contribution in [3.63, 3.8) is 0 Å². The highest BCUT2D eigenvalue weighted by Gasteiger charge is 2.26. The second kappa shape index (κ2) is 9.99. The molecule has 1 fully saturated rings. The Morgan fingerprint density at radius 3 is 2.94 bits per heavy atom. The number of hydrogen-bond donors (Lipinski definition) is 0. The zero-order chi connectivity index (χ0) is 21.9. The first-order chi connectivity index (χ1) is 15.7. The molecule has 4 heterocycles. The van der Waals surface area contributed by atoms with Crippen molar-refractivity contribution in [2.75, 3.05) is 23.8 Å². The highest BCUT2D eigenvalue weighted by atomic mass is 32.2. The molecule has 6 nitrogen and oxygen atoms in total. The maximum Gasteiger partial charge on any atom is 0.237 e. The third kappa shape index (κ3) is 4.76. The Balaban J connectivity index is 1.35. The van der Waals surface area contributed by atoms with Crippen LogP contribution in [0.1, 0.15) is 26.2 Å². The Labute approximate surface area is 200 Å². The third-order valence-electron chi connectivity index (χ3n) is 5.74. The lowest BCUT2D eigenvalue weighted by atomic mass is 10.2. The van der Waals surface area contributed by atoms with Gasteiger partial charge in [0.15, 0.2) is 11.0 Å². The summed E-state index contributed by atoms with van der Waals surface area (Å²) in [4.78, 5) is 17.5. The van der Waals surface area contributed by atoms with E-state index in [-0.39, 0.29) is 12.0 Å². The van der Waals surface area contributed by atoms with E-state index in [2.05, 4.69) is 39.9 Å². The van der Waals surface area contributed by atoms with Crippen LogP contribution in [0.25, 0.3) is 10.7 Å². The summed E-state index contributed by atoms with van der Waals surface area (Å²) in [6.45, 7) is 4.50. The lowest BCUT2D eigenvalue weighted by molar-refractivity contribution is -0.116. The first-order valence-corrected chi connectivity index (χ1v) is 13.7. The molecule has 0 bridgehead atoms. The van der Waals surface area contributed by atoms with Crippen LogP contribution in [0.5, 0.6) is 0 Å². The van der Waals surface area contributed by atoms with Gasteiger partial charge in [-0.3, -0.25) is 9.36 Å². The number of aromatic nitrogens is 3. The van der Waals surface area contributed by atoms with Crippen LogP contribution in [0, 0.1) is 0 Å². The van der Waals surface area contributed by atoms with E-state index in [1.165, 1.54) is 16.7 Å². The van der Waals surface area contributed by atoms with Crippen LogP contribution in [0.4, 0.5) is 5.69 Å². The number of rotatable bonds is 6. The molecule has 2 unspecified atom stereocenters. The molecule has 0 saturated carbocycles. The standard InChI is InChI=1S/C23H26N4O2S3/c1-16-10-11-26(18-7-2-3-8-19(18)32-16)21(28)15-31-23-25-24-22(20-9-5-13-30-20)27(23)14-17-6-4-12-29-17/h2-3,5,7-9,13,16-17H,4,6,10-12,14-15H2,1H3. The molecule has 2 aliphatic heterocycles. The van der Waals surface area contributed by atoms with Gasteiger partial charge in [-0.2, -0.15) is 0 Å². The number of thiophene rings is 1. The Morgan fingerprint density at radius 1 is 1.22 bits per heavy atom. The van der Waals surface area contributed by atoms with Gasteiger partial charge in [0, 0.05) is 23.3 Å². The SMILES string of the molecule is CC1CCN(C(=O)CSc2nnc(-c3cccs3)n2CC2CCCO2)c2ccccc2S1. The minimum atomic E-state index is 0.112. The van der Waals surface area contributed by atoms with Gasteiger partial charge < -0.3 is 9.64 Å². The second-order valence-corrected chi connectivity index (χ2v) is 11.4. The molecule has 1 aromatic carbocycles. The Bertz CT molecular complexity index is 1060. The van der Waals surface area contributed by atoms with E-state index in [0.717, 1.165) is 60.5 Å². The van der Waals surface area contributed by atoms with E-state index in [4.69, 9.17) is 4.74 Å². The van der Waals surface area contributed by atoms with Gasteiger partial charge in [0.25, 0.3) is 0 Å². The van der Waals surface area contributed by atoms with Crippen molar-refractivity contribution in [1.29, 1.82) is 0 Å². The molecule has 32 heavy (non-hydrogen) atoms. The van der Waals surface area contributed by atoms with E-state index in [1.807, 2.05) is 40.2 Å². The molecule has 0 N–H and O–H groups in total. The normalized spacial score (nSPS) is 20.8. The smallest absolute Gasteiger partial charge is 0.237 e. The zero-order valence-electron chi connectivity index (χ0n) is 18.0. The van der Waals surface area contributed by atoms with Gasteiger partial charge in [0.2, 0.25) is 5.91 Å². The van der Waals surface area contributed by atoms with Crippen molar-refractivity contribution >= 4 is 46.5 Å². The first-order valence-electron chi connectivity index (χ1n) is 11.0. The zero-order valence-corrected chi connectivity index (χ0v) is 20.4. The summed E-state index contributed by atoms with van der Waals surface area (Å²) in [5.74, 6) is 1.30. The van der Waals surface area contributed by atoms with Crippen molar-refractivity contribution < 1.29 is 9.53 Å². The predicted molar refractivity (Wildman–Crippen MR) is 132 cm³/mol. The summed E-state index contributed by atoms with van der Waals surface area (Å²) < 4.78 is 8.01. The van der Waals surface area contributed by atoms with Gasteiger partial charge in [-0.1, -0.05) is 36.9 Å². The molecule has 0 spiro atoms. The average molecular weight is 487 g/mol. The van der Waals surface area contributed by atoms with E-state index in [9.17, 15) is 4.79 Å². The number of hydrogen-bond acceptors (Lipinski definition) is 7. The number of ether oxygens (including phenoxy) is 1. The van der Waals surface area contributed by atoms with Crippen molar-refractivity contribution in [1.82, 2.24) is 14.8 Å². The van der Waals surface area contributed by atoms with Crippen LogP contribution in [0.2, 0.25) is 0 Å². The predicted octanol–water partition coefficient (Wildman–Crippen LogP) is 5.20. The number of anilines is 1. The summed E-state index contributed by atoms with van der Waals surface area (Å²) in [6.07, 6.45) is 3.29. The third-order valence-corrected chi connectivity index (χ3v) is 8.79. The van der Waals surface area contributed by atoms with Crippen LogP contribution in [0.15, 0.2) is 51.8 Å². The number of para-hydroxylation sites is 1. The van der Waals surface area contributed by atoms with E-state index in [0.29, 0.717) is 11.0 Å². The van der Waals surface area contributed by atoms with E-state index >= 15 is 0 Å². The minimum absolute atomic E-state index is 0.112. The second-order valence-electron chi connectivity index (χ2n) is 8.05. The molecule has 0 aliphatic carbocycles. The number of thioether (sulfide) groups is 2. The Hall–Kier alpha value is -1.81. The highest BCUT2D eigenvalue weighted by molar-refractivity contribution is 8.00. The van der Waals surface area contributed by atoms with Crippen LogP contribution in [-0.2, 0) is 16.1 Å². The molecular weight excluding hydrogens is 460 g/mol. The van der Waals surface area contributed by atoms with Gasteiger partial charge in [-0.25, -0.2) is 0 Å². The molecule has 9 heteroatoms. The number of amides is 1. The number of carbonyl (C=O) groups excluding carboxylic acids is 1. The van der Waals surface area contributed by atoms with Gasteiger partial charge in [-0.15, -0.1) is 33.3 Å². The van der Waals surface area contributed by atoms with Crippen LogP contribution in [-0.4, -0.2) is 50.9 Å². The summed E-state index contributed by atoms with van der Waals surface area (Å²) >= 11 is 4.98. The molecule has 1 amide bonds. The topological polar surface area (TPSA) is 60.2 Å². The number of carbonyl (C=O) groups is 1. The molecule has 5 rings (SSSR count). The van der Waals surface area contributed by atoms with E-state index < -0.39 is 0 Å². The van der Waals surface area contributed by atoms with Crippen molar-refractivity contribution in [3.05, 3.63) is 41.8 Å². The summed E-state index contributed by atoms with van der Waals surface area (Å²) in [7, 11) is 0. The average Bonchev–Trinajstić information content (AvgIpc) is 3.55. The van der Waals surface area contributed by atoms with Crippen LogP contribution < -0.4 is 4.90 Å². The minimum Gasteiger partial charge on any atom is -0.376 e. The number of nitrogens with zero attached hydrogens (tertiary/aromatic N) is 4. The van der Waals surface area contributed by atoms with Gasteiger partial charge in [0.05, 0.1) is 29.0 Å². The summed E-state index contributed by atoms with van der Waals surface area (Å²) in [5.41, 5.74) is 1.02. The van der Waals surface area contributed by atoms with Gasteiger partial charge in [-0.05, 0) is 42.8 Å². The monoisotopic (exact) mass is 486 g/mol. The Morgan fingerprint density at radius 2 is 2.12 bits per heavy atom. The van der Waals surface area contributed by atoms with Gasteiger partial charge >= 0.3 is 0 Å². The maximum atomic E-state index is 13.3. The maximum absolute atomic E-state index is 13.3. The molecular formula is C23H26N4O2S3. The van der Waals surface area contributed by atoms with E-state index in [1.54, 1.807) is 11.3 Å². The van der Waals surface area contributed by atoms with Crippen molar-refractivity contribution in [2.24, 2.45) is 0 Å². The van der Waals surface area contributed by atoms with Crippen LogP contribution in [0.3, 0.4) is 0 Å². The molecule has 3 aromatic rings. The number of benzene rings is 1. The van der Waals surface area contributed by atoms with Crippen molar-refractivity contribution in [3.8, 4) is 10.7 Å². The molecule has 1 saturated heterocycles. The number of fused-ring (bicyclic) bond motifs is 1. The first kappa shape index (κ1) is 22.0. The van der Waals surface area contributed by atoms with Crippen LogP contribution >= 0.6 is 34.9 Å². The lowest BCUT2D eigenvalue weighted by Crippen LogP contribution is -2.33. The highest BCUT2D eigenvalue weighted by Crippen LogP contribution is 2.38. The Kier molecular flexibility index (Phi) is 6.87. The quantitative estimate of drug-likeness (QED) is 0.447. The molecule has 2 atom stereocenters. The fraction of sp³-hybridized carbons (Fsp3) is 0.435. The molecule has 0 radical (unpaired) electrons. The fourth-order valence-corrected chi connectivity index (χ4v) is 6.74. The fourth-order valence-electron chi connectivity index (χ4n) is 4.09.